The van der Waals surface area contributed by atoms with Crippen molar-refractivity contribution >= 4 is 11.9 Å². The number of hydrogen-bond donors (Lipinski definition) is 2. The molecule has 0 aliphatic heterocycles. The zero-order chi connectivity index (χ0) is 17.2. The Labute approximate surface area is 141 Å². The summed E-state index contributed by atoms with van der Waals surface area (Å²) in [6.07, 6.45) is 0.202. The molecule has 0 aliphatic rings. The Morgan fingerprint density at radius 2 is 1.62 bits per heavy atom. The third-order valence-electron chi connectivity index (χ3n) is 3.59. The molecule has 1 amide bonds. The van der Waals surface area contributed by atoms with E-state index >= 15 is 0 Å². The molecule has 0 radical (unpaired) electrons. The van der Waals surface area contributed by atoms with Crippen LogP contribution in [-0.4, -0.2) is 30.1 Å². The third-order valence-corrected chi connectivity index (χ3v) is 3.59. The Balaban J connectivity index is 1.70. The van der Waals surface area contributed by atoms with Crippen molar-refractivity contribution in [2.75, 3.05) is 13.2 Å². The number of rotatable bonds is 9. The second-order valence-corrected chi connectivity index (χ2v) is 5.39. The number of carboxylic acid groups (broad SMARTS) is 1. The number of ether oxygens (including phenoxy) is 1. The van der Waals surface area contributed by atoms with E-state index in [1.54, 1.807) is 24.3 Å². The molecule has 0 saturated heterocycles. The highest BCUT2D eigenvalue weighted by Gasteiger charge is 2.20. The van der Waals surface area contributed by atoms with E-state index in [1.807, 2.05) is 36.4 Å². The van der Waals surface area contributed by atoms with Gasteiger partial charge < -0.3 is 15.2 Å². The Hall–Kier alpha value is -2.66. The number of carbonyl (C=O) groups is 2. The summed E-state index contributed by atoms with van der Waals surface area (Å²) in [6, 6.07) is 18.6. The summed E-state index contributed by atoms with van der Waals surface area (Å²) in [7, 11) is 0. The van der Waals surface area contributed by atoms with Gasteiger partial charge in [-0.25, -0.2) is 0 Å². The predicted octanol–water partition coefficient (Wildman–Crippen LogP) is 2.58. The first-order valence-corrected chi connectivity index (χ1v) is 7.83. The van der Waals surface area contributed by atoms with Crippen LogP contribution in [0, 0.1) is 0 Å². The first-order chi connectivity index (χ1) is 11.7. The van der Waals surface area contributed by atoms with Crippen LogP contribution in [-0.2, 0) is 20.9 Å². The van der Waals surface area contributed by atoms with Crippen molar-refractivity contribution in [3.05, 3.63) is 71.8 Å². The lowest BCUT2D eigenvalue weighted by Crippen LogP contribution is -2.32. The molecule has 0 bridgehead atoms. The van der Waals surface area contributed by atoms with Crippen molar-refractivity contribution < 1.29 is 19.4 Å². The maximum absolute atomic E-state index is 11.8. The van der Waals surface area contributed by atoms with Crippen LogP contribution < -0.4 is 5.32 Å². The first-order valence-electron chi connectivity index (χ1n) is 7.83. The van der Waals surface area contributed by atoms with Gasteiger partial charge in [-0.1, -0.05) is 60.7 Å². The number of benzene rings is 2. The van der Waals surface area contributed by atoms with Crippen LogP contribution in [0.4, 0.5) is 0 Å². The minimum Gasteiger partial charge on any atom is -0.481 e. The van der Waals surface area contributed by atoms with Crippen LogP contribution in [0.5, 0.6) is 0 Å². The smallest absolute Gasteiger partial charge is 0.312 e. The molecule has 5 heteroatoms. The average Bonchev–Trinajstić information content (AvgIpc) is 2.60. The molecule has 1 unspecified atom stereocenters. The van der Waals surface area contributed by atoms with Crippen LogP contribution in [0.1, 0.15) is 23.5 Å². The van der Waals surface area contributed by atoms with E-state index in [1.165, 1.54) is 0 Å². The molecular formula is C19H21NO4. The van der Waals surface area contributed by atoms with Gasteiger partial charge in [-0.2, -0.15) is 0 Å². The molecule has 24 heavy (non-hydrogen) atoms. The van der Waals surface area contributed by atoms with Crippen molar-refractivity contribution in [3.8, 4) is 0 Å². The number of amides is 1. The molecule has 0 aliphatic carbocycles. The first kappa shape index (κ1) is 17.7. The zero-order valence-corrected chi connectivity index (χ0v) is 13.4. The van der Waals surface area contributed by atoms with Crippen LogP contribution in [0.15, 0.2) is 60.7 Å². The topological polar surface area (TPSA) is 75.6 Å². The minimum atomic E-state index is -0.957. The van der Waals surface area contributed by atoms with Crippen molar-refractivity contribution in [2.24, 2.45) is 0 Å². The summed E-state index contributed by atoms with van der Waals surface area (Å²) in [6.45, 7) is 0.816. The molecular weight excluding hydrogens is 306 g/mol. The summed E-state index contributed by atoms with van der Waals surface area (Å²) >= 11 is 0. The molecule has 2 rings (SSSR count). The maximum atomic E-state index is 11.8. The van der Waals surface area contributed by atoms with E-state index in [0.29, 0.717) is 18.8 Å². The summed E-state index contributed by atoms with van der Waals surface area (Å²) in [5, 5.41) is 12.0. The number of aliphatic carboxylic acids is 1. The largest absolute Gasteiger partial charge is 0.481 e. The Kier molecular flexibility index (Phi) is 6.98. The highest BCUT2D eigenvalue weighted by molar-refractivity contribution is 5.79. The number of carboxylic acids is 1. The fourth-order valence-corrected chi connectivity index (χ4v) is 2.27. The fraction of sp³-hybridized carbons (Fsp3) is 0.263. The van der Waals surface area contributed by atoms with Crippen molar-refractivity contribution in [2.45, 2.75) is 18.9 Å². The molecule has 2 aromatic rings. The van der Waals surface area contributed by atoms with Crippen molar-refractivity contribution in [1.29, 1.82) is 0 Å². The van der Waals surface area contributed by atoms with Gasteiger partial charge >= 0.3 is 5.97 Å². The van der Waals surface area contributed by atoms with Gasteiger partial charge in [-0.15, -0.1) is 0 Å². The number of hydrogen-bond acceptors (Lipinski definition) is 3. The van der Waals surface area contributed by atoms with Crippen LogP contribution >= 0.6 is 0 Å². The molecule has 2 aromatic carbocycles. The van der Waals surface area contributed by atoms with Gasteiger partial charge in [0.05, 0.1) is 19.1 Å². The Morgan fingerprint density at radius 3 is 2.25 bits per heavy atom. The van der Waals surface area contributed by atoms with Gasteiger partial charge in [-0.05, 0) is 11.1 Å². The van der Waals surface area contributed by atoms with Gasteiger partial charge in [0.25, 0.3) is 0 Å². The van der Waals surface area contributed by atoms with E-state index in [9.17, 15) is 14.7 Å². The fourth-order valence-electron chi connectivity index (χ4n) is 2.27. The van der Waals surface area contributed by atoms with E-state index < -0.39 is 11.9 Å². The van der Waals surface area contributed by atoms with Gasteiger partial charge in [0.2, 0.25) is 5.91 Å². The lowest BCUT2D eigenvalue weighted by molar-refractivity contribution is -0.138. The molecule has 5 nitrogen and oxygen atoms in total. The van der Waals surface area contributed by atoms with Crippen molar-refractivity contribution in [3.63, 3.8) is 0 Å². The van der Waals surface area contributed by atoms with E-state index in [0.717, 1.165) is 5.56 Å². The summed E-state index contributed by atoms with van der Waals surface area (Å²) in [5.74, 6) is -1.92. The molecule has 1 atom stereocenters. The van der Waals surface area contributed by atoms with Gasteiger partial charge in [0.15, 0.2) is 0 Å². The minimum absolute atomic E-state index is 0.0663. The Morgan fingerprint density at radius 1 is 1.00 bits per heavy atom. The van der Waals surface area contributed by atoms with Crippen LogP contribution in [0.2, 0.25) is 0 Å². The van der Waals surface area contributed by atoms with Gasteiger partial charge in [-0.3, -0.25) is 9.59 Å². The second kappa shape index (κ2) is 9.47. The maximum Gasteiger partial charge on any atom is 0.312 e. The molecule has 0 spiro atoms. The van der Waals surface area contributed by atoms with E-state index in [4.69, 9.17) is 4.74 Å². The molecule has 2 N–H and O–H groups in total. The molecule has 126 valence electrons. The molecule has 0 heterocycles. The summed E-state index contributed by atoms with van der Waals surface area (Å²) < 4.78 is 5.45. The number of carbonyl (C=O) groups excluding carboxylic acids is 1. The number of nitrogens with one attached hydrogen (secondary N) is 1. The summed E-state index contributed by atoms with van der Waals surface area (Å²) in [4.78, 5) is 23.2. The third kappa shape index (κ3) is 5.85. The zero-order valence-electron chi connectivity index (χ0n) is 13.4. The van der Waals surface area contributed by atoms with E-state index in [-0.39, 0.29) is 18.9 Å². The molecule has 0 fully saturated rings. The predicted molar refractivity (Wildman–Crippen MR) is 90.5 cm³/mol. The highest BCUT2D eigenvalue weighted by atomic mass is 16.5. The standard InChI is InChI=1S/C19H21NO4/c21-18(11-12-24-14-15-7-3-1-4-8-15)20-13-17(19(22)23)16-9-5-2-6-10-16/h1-10,17H,11-14H2,(H,20,21)(H,22,23). The van der Waals surface area contributed by atoms with Crippen LogP contribution in [0.3, 0.4) is 0 Å². The average molecular weight is 327 g/mol. The SMILES string of the molecule is O=C(CCOCc1ccccc1)NCC(C(=O)O)c1ccccc1. The summed E-state index contributed by atoms with van der Waals surface area (Å²) in [5.41, 5.74) is 1.72. The molecule has 0 saturated carbocycles. The van der Waals surface area contributed by atoms with Crippen molar-refractivity contribution in [1.82, 2.24) is 5.32 Å². The van der Waals surface area contributed by atoms with Gasteiger partial charge in [0.1, 0.15) is 0 Å². The highest BCUT2D eigenvalue weighted by Crippen LogP contribution is 2.14. The van der Waals surface area contributed by atoms with E-state index in [2.05, 4.69) is 5.32 Å². The quantitative estimate of drug-likeness (QED) is 0.694. The monoisotopic (exact) mass is 327 g/mol. The lowest BCUT2D eigenvalue weighted by Gasteiger charge is -2.14. The Bertz CT molecular complexity index is 643. The normalized spacial score (nSPS) is 11.7. The van der Waals surface area contributed by atoms with Crippen LogP contribution in [0.25, 0.3) is 0 Å². The van der Waals surface area contributed by atoms with Gasteiger partial charge in [0, 0.05) is 13.0 Å². The molecule has 0 aromatic heterocycles. The lowest BCUT2D eigenvalue weighted by atomic mass is 9.99. The second-order valence-electron chi connectivity index (χ2n) is 5.39.